The highest BCUT2D eigenvalue weighted by molar-refractivity contribution is 6.07. The molecule has 2 saturated heterocycles. The van der Waals surface area contributed by atoms with Gasteiger partial charge in [0.15, 0.2) is 6.10 Å². The van der Waals surface area contributed by atoms with Crippen LogP contribution in [0.3, 0.4) is 0 Å². The Morgan fingerprint density at radius 1 is 0.879 bits per heavy atom. The number of hydrogen-bond acceptors (Lipinski definition) is 5. The monoisotopic (exact) mass is 441 g/mol. The summed E-state index contributed by atoms with van der Waals surface area (Å²) in [6.07, 6.45) is -0.888. The van der Waals surface area contributed by atoms with Gasteiger partial charge < -0.3 is 5.32 Å². The second-order valence-corrected chi connectivity index (χ2v) is 8.21. The number of nitrogens with one attached hydrogen (secondary N) is 1. The second-order valence-electron chi connectivity index (χ2n) is 8.21. The fourth-order valence-electron chi connectivity index (χ4n) is 4.50. The van der Waals surface area contributed by atoms with E-state index >= 15 is 0 Å². The molecule has 2 aliphatic heterocycles. The minimum absolute atomic E-state index is 0.161. The van der Waals surface area contributed by atoms with Gasteiger partial charge in [0.1, 0.15) is 5.92 Å². The van der Waals surface area contributed by atoms with Crippen LogP contribution < -0.4 is 10.4 Å². The maximum absolute atomic E-state index is 13.5. The van der Waals surface area contributed by atoms with Crippen LogP contribution in [0.4, 0.5) is 11.4 Å². The number of anilines is 2. The quantitative estimate of drug-likeness (QED) is 0.611. The van der Waals surface area contributed by atoms with Crippen molar-refractivity contribution in [1.82, 2.24) is 4.90 Å². The maximum atomic E-state index is 13.5. The average molecular weight is 441 g/mol. The summed E-state index contributed by atoms with van der Waals surface area (Å²) in [7, 11) is 0. The van der Waals surface area contributed by atoms with Crippen LogP contribution in [0, 0.1) is 5.92 Å². The van der Waals surface area contributed by atoms with Crippen molar-refractivity contribution in [3.63, 3.8) is 0 Å². The second kappa shape index (κ2) is 8.52. The first kappa shape index (κ1) is 20.9. The van der Waals surface area contributed by atoms with E-state index in [0.29, 0.717) is 5.69 Å². The summed E-state index contributed by atoms with van der Waals surface area (Å²) in [5.74, 6) is -1.41. The van der Waals surface area contributed by atoms with Gasteiger partial charge in [0.05, 0.1) is 18.3 Å². The molecule has 3 amide bonds. The van der Waals surface area contributed by atoms with Crippen LogP contribution in [-0.4, -0.2) is 28.7 Å². The number of rotatable bonds is 5. The molecule has 2 fully saturated rings. The molecule has 0 saturated carbocycles. The minimum atomic E-state index is -0.888. The fraction of sp³-hybridized carbons (Fsp3) is 0.192. The third-order valence-corrected chi connectivity index (χ3v) is 5.97. The number of amides is 3. The topological polar surface area (TPSA) is 79.0 Å². The van der Waals surface area contributed by atoms with E-state index in [1.807, 2.05) is 72.8 Å². The molecule has 166 valence electrons. The minimum Gasteiger partial charge on any atom is -0.326 e. The smallest absolute Gasteiger partial charge is 0.262 e. The summed E-state index contributed by atoms with van der Waals surface area (Å²) in [5.41, 5.74) is 3.13. The Bertz CT molecular complexity index is 1180. The lowest BCUT2D eigenvalue weighted by molar-refractivity contribution is -0.143. The summed E-state index contributed by atoms with van der Waals surface area (Å²) >= 11 is 0. The van der Waals surface area contributed by atoms with Gasteiger partial charge >= 0.3 is 0 Å². The van der Waals surface area contributed by atoms with Crippen molar-refractivity contribution >= 4 is 29.1 Å². The average Bonchev–Trinajstić information content (AvgIpc) is 3.33. The number of nitrogens with zero attached hydrogens (tertiary/aromatic N) is 2. The summed E-state index contributed by atoms with van der Waals surface area (Å²) in [4.78, 5) is 45.6. The van der Waals surface area contributed by atoms with Gasteiger partial charge in [0.2, 0.25) is 11.8 Å². The van der Waals surface area contributed by atoms with Gasteiger partial charge in [-0.1, -0.05) is 60.7 Å². The lowest BCUT2D eigenvalue weighted by Crippen LogP contribution is -2.36. The van der Waals surface area contributed by atoms with Crippen molar-refractivity contribution in [2.45, 2.75) is 25.6 Å². The zero-order chi connectivity index (χ0) is 22.9. The van der Waals surface area contributed by atoms with E-state index in [-0.39, 0.29) is 24.3 Å². The highest BCUT2D eigenvalue weighted by atomic mass is 16.7. The molecule has 3 aromatic carbocycles. The highest BCUT2D eigenvalue weighted by Crippen LogP contribution is 2.47. The molecule has 3 atom stereocenters. The van der Waals surface area contributed by atoms with Crippen molar-refractivity contribution in [3.8, 4) is 0 Å². The Balaban J connectivity index is 1.50. The number of imide groups is 1. The van der Waals surface area contributed by atoms with Crippen LogP contribution in [0.5, 0.6) is 0 Å². The lowest BCUT2D eigenvalue weighted by atomic mass is 9.90. The van der Waals surface area contributed by atoms with Crippen LogP contribution in [0.1, 0.15) is 24.1 Å². The van der Waals surface area contributed by atoms with E-state index in [4.69, 9.17) is 4.84 Å². The number of hydroxylamine groups is 1. The number of carbonyl (C=O) groups is 3. The molecule has 2 heterocycles. The molecule has 0 unspecified atom stereocenters. The summed E-state index contributed by atoms with van der Waals surface area (Å²) in [6, 6.07) is 25.7. The van der Waals surface area contributed by atoms with E-state index in [1.165, 1.54) is 11.8 Å². The number of benzene rings is 3. The predicted octanol–water partition coefficient (Wildman–Crippen LogP) is 3.69. The maximum Gasteiger partial charge on any atom is 0.262 e. The standard InChI is InChI=1S/C26H23N3O4/c1-17(30)27-20-14-12-19(13-15-20)23-22-24(33-29(23)21-10-6-3-7-11-21)26(32)28(25(22)31)16-18-8-4-2-5-9-18/h2-15,22-24H,16H2,1H3,(H,27,30)/t22-,23+,24+/m1/s1. The van der Waals surface area contributed by atoms with Crippen molar-refractivity contribution in [1.29, 1.82) is 0 Å². The first-order valence-electron chi connectivity index (χ1n) is 10.8. The number of hydrogen-bond donors (Lipinski definition) is 1. The normalized spacial score (nSPS) is 21.9. The molecule has 7 heteroatoms. The summed E-state index contributed by atoms with van der Waals surface area (Å²) in [6.45, 7) is 1.67. The van der Waals surface area contributed by atoms with Crippen LogP contribution in [0.25, 0.3) is 0 Å². The third kappa shape index (κ3) is 3.87. The predicted molar refractivity (Wildman–Crippen MR) is 123 cm³/mol. The van der Waals surface area contributed by atoms with Crippen LogP contribution in [-0.2, 0) is 25.8 Å². The Morgan fingerprint density at radius 3 is 2.15 bits per heavy atom. The van der Waals surface area contributed by atoms with E-state index in [0.717, 1.165) is 16.8 Å². The third-order valence-electron chi connectivity index (χ3n) is 5.97. The number of fused-ring (bicyclic) bond motifs is 1. The van der Waals surface area contributed by atoms with Crippen LogP contribution in [0.2, 0.25) is 0 Å². The molecule has 0 aliphatic carbocycles. The van der Waals surface area contributed by atoms with Gasteiger partial charge in [-0.2, -0.15) is 0 Å². The van der Waals surface area contributed by atoms with Gasteiger partial charge in [0, 0.05) is 12.6 Å². The molecule has 0 aromatic heterocycles. The largest absolute Gasteiger partial charge is 0.326 e. The summed E-state index contributed by atoms with van der Waals surface area (Å²) < 4.78 is 0. The van der Waals surface area contributed by atoms with Crippen LogP contribution in [0.15, 0.2) is 84.9 Å². The van der Waals surface area contributed by atoms with E-state index in [9.17, 15) is 14.4 Å². The Labute approximate surface area is 191 Å². The van der Waals surface area contributed by atoms with E-state index in [1.54, 1.807) is 17.2 Å². The number of carbonyl (C=O) groups excluding carboxylic acids is 3. The van der Waals surface area contributed by atoms with Gasteiger partial charge in [-0.25, -0.2) is 5.06 Å². The zero-order valence-corrected chi connectivity index (χ0v) is 18.0. The molecule has 5 rings (SSSR count). The molecule has 1 N–H and O–H groups in total. The van der Waals surface area contributed by atoms with Gasteiger partial charge in [-0.05, 0) is 35.4 Å². The fourth-order valence-corrected chi connectivity index (χ4v) is 4.50. The van der Waals surface area contributed by atoms with Crippen molar-refractivity contribution in [3.05, 3.63) is 96.1 Å². The van der Waals surface area contributed by atoms with Crippen molar-refractivity contribution < 1.29 is 19.2 Å². The molecule has 7 nitrogen and oxygen atoms in total. The van der Waals surface area contributed by atoms with E-state index in [2.05, 4.69) is 5.32 Å². The van der Waals surface area contributed by atoms with Crippen LogP contribution >= 0.6 is 0 Å². The molecule has 0 bridgehead atoms. The van der Waals surface area contributed by atoms with Gasteiger partial charge in [-0.15, -0.1) is 0 Å². The molecule has 3 aromatic rings. The zero-order valence-electron chi connectivity index (χ0n) is 18.0. The molecular weight excluding hydrogens is 418 g/mol. The first-order chi connectivity index (χ1) is 16.0. The SMILES string of the molecule is CC(=O)Nc1ccc([C@H]2[C@H]3C(=O)N(Cc4ccccc4)C(=O)[C@H]3ON2c2ccccc2)cc1. The molecule has 2 aliphatic rings. The van der Waals surface area contributed by atoms with Crippen molar-refractivity contribution in [2.75, 3.05) is 10.4 Å². The van der Waals surface area contributed by atoms with Gasteiger partial charge in [0.25, 0.3) is 5.91 Å². The van der Waals surface area contributed by atoms with Crippen molar-refractivity contribution in [2.24, 2.45) is 5.92 Å². The highest BCUT2D eigenvalue weighted by Gasteiger charge is 2.59. The Hall–Kier alpha value is -3.97. The molecule has 0 spiro atoms. The first-order valence-corrected chi connectivity index (χ1v) is 10.8. The number of para-hydroxylation sites is 1. The molecule has 33 heavy (non-hydrogen) atoms. The summed E-state index contributed by atoms with van der Waals surface area (Å²) in [5, 5.41) is 4.41. The number of likely N-dealkylation sites (tertiary alicyclic amines) is 1. The van der Waals surface area contributed by atoms with E-state index < -0.39 is 18.1 Å². The lowest BCUT2D eigenvalue weighted by Gasteiger charge is -2.29. The Kier molecular flexibility index (Phi) is 5.40. The Morgan fingerprint density at radius 2 is 1.52 bits per heavy atom. The molecular formula is C26H23N3O4. The van der Waals surface area contributed by atoms with Gasteiger partial charge in [-0.3, -0.25) is 24.1 Å². The molecule has 0 radical (unpaired) electrons.